The van der Waals surface area contributed by atoms with Crippen molar-refractivity contribution in [1.29, 1.82) is 0 Å². The van der Waals surface area contributed by atoms with Crippen LogP contribution in [0.4, 0.5) is 8.78 Å². The summed E-state index contributed by atoms with van der Waals surface area (Å²) in [5, 5.41) is 0.237. The molecule has 204 valence electrons. The smallest absolute Gasteiger partial charge is 0.338 e. The molecule has 0 aliphatic rings. The first-order valence-corrected chi connectivity index (χ1v) is 12.8. The maximum Gasteiger partial charge on any atom is 0.338 e. The van der Waals surface area contributed by atoms with Crippen molar-refractivity contribution in [3.05, 3.63) is 110 Å². The summed E-state index contributed by atoms with van der Waals surface area (Å²) < 4.78 is 36.3. The van der Waals surface area contributed by atoms with Crippen molar-refractivity contribution >= 4 is 27.4 Å². The van der Waals surface area contributed by atoms with Crippen LogP contribution in [0.5, 0.6) is 0 Å². The summed E-state index contributed by atoms with van der Waals surface area (Å²) in [6, 6.07) is 11.3. The lowest BCUT2D eigenvalue weighted by atomic mass is 10.1. The van der Waals surface area contributed by atoms with E-state index >= 15 is 0 Å². The molecule has 0 radical (unpaired) electrons. The molecule has 0 aliphatic carbocycles. The SMILES string of the molecule is CO/C(N)=C/C=C(\N)n1c(=O)c2c(CN(C)C)c(-c3ccc(C)cc3)sc2n(Cc2c(F)cccc2F)c1=O. The largest absolute Gasteiger partial charge is 0.483 e. The number of allylic oxidation sites excluding steroid dienone is 2. The number of hydrogen-bond donors (Lipinski definition) is 2. The molecule has 0 fully saturated rings. The van der Waals surface area contributed by atoms with Crippen LogP contribution in [0.2, 0.25) is 0 Å². The standard InChI is InChI=1S/C28H29F2N5O3S/c1-16-8-10-17(11-9-16)25-19(14-33(2)3)24-26(36)35(22(31)12-13-23(32)38-4)28(37)34(27(24)39-25)15-18-20(29)6-5-7-21(18)30/h5-13H,14-15,31-32H2,1-4H3/b22-12+,23-13+. The number of thiophene rings is 1. The molecule has 0 saturated heterocycles. The zero-order valence-electron chi connectivity index (χ0n) is 22.0. The fourth-order valence-electron chi connectivity index (χ4n) is 4.19. The Kier molecular flexibility index (Phi) is 8.03. The van der Waals surface area contributed by atoms with E-state index in [0.29, 0.717) is 12.1 Å². The van der Waals surface area contributed by atoms with Gasteiger partial charge >= 0.3 is 5.69 Å². The van der Waals surface area contributed by atoms with E-state index in [1.165, 1.54) is 41.2 Å². The van der Waals surface area contributed by atoms with Crippen LogP contribution >= 0.6 is 11.3 Å². The Bertz CT molecular complexity index is 1700. The van der Waals surface area contributed by atoms with Crippen LogP contribution in [-0.2, 0) is 17.8 Å². The van der Waals surface area contributed by atoms with E-state index in [1.807, 2.05) is 50.2 Å². The third-order valence-corrected chi connectivity index (χ3v) is 7.46. The third kappa shape index (κ3) is 5.50. The van der Waals surface area contributed by atoms with Crippen LogP contribution < -0.4 is 22.7 Å². The van der Waals surface area contributed by atoms with Gasteiger partial charge in [-0.05, 0) is 50.4 Å². The van der Waals surface area contributed by atoms with Crippen LogP contribution in [0.15, 0.2) is 70.1 Å². The highest BCUT2D eigenvalue weighted by Crippen LogP contribution is 2.38. The number of rotatable bonds is 8. The minimum Gasteiger partial charge on any atom is -0.483 e. The second kappa shape index (κ2) is 11.3. The van der Waals surface area contributed by atoms with Crippen LogP contribution in [-0.4, -0.2) is 35.2 Å². The Labute approximate surface area is 227 Å². The predicted molar refractivity (Wildman–Crippen MR) is 151 cm³/mol. The number of methoxy groups -OCH3 is 1. The van der Waals surface area contributed by atoms with Gasteiger partial charge in [0, 0.05) is 23.1 Å². The fraction of sp³-hybridized carbons (Fsp3) is 0.214. The summed E-state index contributed by atoms with van der Waals surface area (Å²) in [6.07, 6.45) is 2.57. The molecular formula is C28H29F2N5O3S. The highest BCUT2D eigenvalue weighted by atomic mass is 32.1. The molecule has 4 rings (SSSR count). The van der Waals surface area contributed by atoms with Crippen LogP contribution in [0.25, 0.3) is 26.5 Å². The maximum absolute atomic E-state index is 14.7. The molecule has 0 amide bonds. The second-order valence-corrected chi connectivity index (χ2v) is 10.3. The molecule has 39 heavy (non-hydrogen) atoms. The fourth-order valence-corrected chi connectivity index (χ4v) is 5.50. The number of benzene rings is 2. The molecule has 2 heterocycles. The van der Waals surface area contributed by atoms with E-state index in [-0.39, 0.29) is 27.5 Å². The Morgan fingerprint density at radius 3 is 2.26 bits per heavy atom. The van der Waals surface area contributed by atoms with Crippen molar-refractivity contribution in [1.82, 2.24) is 14.0 Å². The van der Waals surface area contributed by atoms with Gasteiger partial charge in [0.1, 0.15) is 22.3 Å². The summed E-state index contributed by atoms with van der Waals surface area (Å²) in [5.74, 6) is -1.84. The topological polar surface area (TPSA) is 109 Å². The third-order valence-electron chi connectivity index (χ3n) is 6.15. The van der Waals surface area contributed by atoms with Crippen molar-refractivity contribution in [2.45, 2.75) is 20.0 Å². The number of aromatic nitrogens is 2. The van der Waals surface area contributed by atoms with Gasteiger partial charge in [0.2, 0.25) is 0 Å². The summed E-state index contributed by atoms with van der Waals surface area (Å²) >= 11 is 1.22. The van der Waals surface area contributed by atoms with E-state index < -0.39 is 29.4 Å². The van der Waals surface area contributed by atoms with Gasteiger partial charge < -0.3 is 21.1 Å². The monoisotopic (exact) mass is 553 g/mol. The Morgan fingerprint density at radius 1 is 1.03 bits per heavy atom. The highest BCUT2D eigenvalue weighted by molar-refractivity contribution is 7.22. The van der Waals surface area contributed by atoms with Gasteiger partial charge in [-0.1, -0.05) is 35.9 Å². The van der Waals surface area contributed by atoms with E-state index in [0.717, 1.165) is 32.7 Å². The molecule has 0 spiro atoms. The molecule has 2 aromatic heterocycles. The normalized spacial score (nSPS) is 12.5. The van der Waals surface area contributed by atoms with Gasteiger partial charge in [-0.15, -0.1) is 11.3 Å². The molecule has 2 aromatic carbocycles. The van der Waals surface area contributed by atoms with E-state index in [4.69, 9.17) is 16.2 Å². The van der Waals surface area contributed by atoms with Gasteiger partial charge in [-0.3, -0.25) is 9.36 Å². The van der Waals surface area contributed by atoms with Gasteiger partial charge in [0.25, 0.3) is 5.56 Å². The first kappa shape index (κ1) is 27.8. The second-order valence-electron chi connectivity index (χ2n) is 9.27. The molecule has 0 unspecified atom stereocenters. The number of aryl methyl sites for hydroxylation is 1. The molecule has 4 N–H and O–H groups in total. The molecule has 0 saturated carbocycles. The van der Waals surface area contributed by atoms with Crippen molar-refractivity contribution in [3.63, 3.8) is 0 Å². The lowest BCUT2D eigenvalue weighted by molar-refractivity contribution is 0.287. The Balaban J connectivity index is 2.13. The summed E-state index contributed by atoms with van der Waals surface area (Å²) in [4.78, 5) is 30.7. The van der Waals surface area contributed by atoms with Crippen molar-refractivity contribution in [2.24, 2.45) is 11.5 Å². The molecule has 0 atom stereocenters. The predicted octanol–water partition coefficient (Wildman–Crippen LogP) is 3.79. The van der Waals surface area contributed by atoms with E-state index in [2.05, 4.69) is 0 Å². The molecule has 0 bridgehead atoms. The number of fused-ring (bicyclic) bond motifs is 1. The number of hydrogen-bond acceptors (Lipinski definition) is 7. The van der Waals surface area contributed by atoms with Crippen molar-refractivity contribution in [2.75, 3.05) is 21.2 Å². The summed E-state index contributed by atoms with van der Waals surface area (Å²) in [5.41, 5.74) is 12.6. The first-order valence-electron chi connectivity index (χ1n) is 12.0. The zero-order valence-corrected chi connectivity index (χ0v) is 22.8. The van der Waals surface area contributed by atoms with Crippen LogP contribution in [0, 0.1) is 18.6 Å². The number of nitrogens with zero attached hydrogens (tertiary/aromatic N) is 3. The van der Waals surface area contributed by atoms with Gasteiger partial charge in [0.05, 0.1) is 19.0 Å². The highest BCUT2D eigenvalue weighted by Gasteiger charge is 2.25. The van der Waals surface area contributed by atoms with Gasteiger partial charge in [0.15, 0.2) is 5.88 Å². The average molecular weight is 554 g/mol. The lowest BCUT2D eigenvalue weighted by Gasteiger charge is -2.15. The molecule has 0 aliphatic heterocycles. The minimum atomic E-state index is -0.846. The summed E-state index contributed by atoms with van der Waals surface area (Å²) in [6.45, 7) is 1.88. The van der Waals surface area contributed by atoms with E-state index in [9.17, 15) is 18.4 Å². The molecule has 8 nitrogen and oxygen atoms in total. The maximum atomic E-state index is 14.7. The molecular weight excluding hydrogens is 524 g/mol. The number of ether oxygens (including phenoxy) is 1. The quantitative estimate of drug-likeness (QED) is 0.254. The van der Waals surface area contributed by atoms with Gasteiger partial charge in [-0.25, -0.2) is 18.1 Å². The van der Waals surface area contributed by atoms with Crippen molar-refractivity contribution in [3.8, 4) is 10.4 Å². The van der Waals surface area contributed by atoms with Gasteiger partial charge in [-0.2, -0.15) is 0 Å². The Hall–Kier alpha value is -4.22. The summed E-state index contributed by atoms with van der Waals surface area (Å²) in [7, 11) is 5.08. The lowest BCUT2D eigenvalue weighted by Crippen LogP contribution is -2.41. The van der Waals surface area contributed by atoms with Crippen LogP contribution in [0.1, 0.15) is 16.7 Å². The average Bonchev–Trinajstić information content (AvgIpc) is 3.25. The zero-order chi connectivity index (χ0) is 28.4. The van der Waals surface area contributed by atoms with E-state index in [1.54, 1.807) is 0 Å². The Morgan fingerprint density at radius 2 is 1.67 bits per heavy atom. The van der Waals surface area contributed by atoms with Crippen molar-refractivity contribution < 1.29 is 13.5 Å². The number of nitrogens with two attached hydrogens (primary N) is 2. The number of halogens is 2. The van der Waals surface area contributed by atoms with Crippen LogP contribution in [0.3, 0.4) is 0 Å². The minimum absolute atomic E-state index is 0.00585. The first-order chi connectivity index (χ1) is 18.5. The molecule has 4 aromatic rings. The molecule has 11 heteroatoms.